The number of rotatable bonds is 7. The lowest BCUT2D eigenvalue weighted by Gasteiger charge is -2.25. The van der Waals surface area contributed by atoms with Gasteiger partial charge in [0.15, 0.2) is 5.11 Å². The van der Waals surface area contributed by atoms with E-state index in [1.807, 2.05) is 18.2 Å². The quantitative estimate of drug-likeness (QED) is 0.412. The Hall–Kier alpha value is -3.72. The van der Waals surface area contributed by atoms with Gasteiger partial charge in [-0.2, -0.15) is 0 Å². The molecular weight excluding hydrogens is 430 g/mol. The highest BCUT2D eigenvalue weighted by Crippen LogP contribution is 2.40. The molecule has 1 aliphatic heterocycles. The van der Waals surface area contributed by atoms with E-state index in [4.69, 9.17) is 21.4 Å². The zero-order chi connectivity index (χ0) is 22.7. The minimum absolute atomic E-state index is 0.0434. The van der Waals surface area contributed by atoms with E-state index in [9.17, 15) is 14.7 Å². The summed E-state index contributed by atoms with van der Waals surface area (Å²) in [6.07, 6.45) is 1.69. The van der Waals surface area contributed by atoms with E-state index in [1.54, 1.807) is 48.4 Å². The van der Waals surface area contributed by atoms with Crippen LogP contribution in [0.5, 0.6) is 0 Å². The predicted octanol–water partition coefficient (Wildman–Crippen LogP) is 3.58. The summed E-state index contributed by atoms with van der Waals surface area (Å²) in [4.78, 5) is 29.7. The predicted molar refractivity (Wildman–Crippen MR) is 120 cm³/mol. The van der Waals surface area contributed by atoms with E-state index in [0.29, 0.717) is 22.2 Å². The smallest absolute Gasteiger partial charge is 0.335 e. The Morgan fingerprint density at radius 3 is 2.78 bits per heavy atom. The van der Waals surface area contributed by atoms with Crippen molar-refractivity contribution in [3.8, 4) is 11.3 Å². The number of pyridine rings is 1. The molecule has 4 rings (SSSR count). The van der Waals surface area contributed by atoms with Gasteiger partial charge in [-0.3, -0.25) is 9.78 Å². The van der Waals surface area contributed by atoms with Crippen LogP contribution in [0, 0.1) is 0 Å². The Bertz CT molecular complexity index is 1150. The third kappa shape index (κ3) is 4.33. The number of benzene rings is 1. The van der Waals surface area contributed by atoms with Crippen LogP contribution in [-0.2, 0) is 9.53 Å². The van der Waals surface area contributed by atoms with Gasteiger partial charge in [-0.1, -0.05) is 18.2 Å². The van der Waals surface area contributed by atoms with E-state index in [2.05, 4.69) is 10.3 Å². The van der Waals surface area contributed by atoms with Crippen LogP contribution in [0.25, 0.3) is 11.3 Å². The van der Waals surface area contributed by atoms with Gasteiger partial charge in [0.1, 0.15) is 24.1 Å². The molecule has 2 N–H and O–H groups in total. The van der Waals surface area contributed by atoms with Crippen LogP contribution in [0.1, 0.15) is 40.8 Å². The fourth-order valence-electron chi connectivity index (χ4n) is 3.70. The van der Waals surface area contributed by atoms with Crippen LogP contribution in [0.3, 0.4) is 0 Å². The summed E-state index contributed by atoms with van der Waals surface area (Å²) in [5, 5.41) is 12.9. The number of aromatic nitrogens is 1. The first-order valence-corrected chi connectivity index (χ1v) is 10.5. The number of carboxylic acid groups (broad SMARTS) is 1. The summed E-state index contributed by atoms with van der Waals surface area (Å²) in [7, 11) is 0. The van der Waals surface area contributed by atoms with Crippen LogP contribution in [0.4, 0.5) is 0 Å². The number of hydrogen-bond donors (Lipinski definition) is 2. The van der Waals surface area contributed by atoms with Crippen molar-refractivity contribution in [2.24, 2.45) is 0 Å². The molecular formula is C23H21N3O5S. The summed E-state index contributed by atoms with van der Waals surface area (Å²) >= 11 is 5.52. The highest BCUT2D eigenvalue weighted by Gasteiger charge is 2.42. The largest absolute Gasteiger partial charge is 0.478 e. The summed E-state index contributed by atoms with van der Waals surface area (Å²) in [5.41, 5.74) is 1.55. The molecule has 0 aliphatic carbocycles. The minimum Gasteiger partial charge on any atom is -0.478 e. The molecule has 0 radical (unpaired) electrons. The van der Waals surface area contributed by atoms with Gasteiger partial charge in [0.25, 0.3) is 0 Å². The number of esters is 1. The molecule has 0 saturated carbocycles. The molecule has 164 valence electrons. The molecule has 32 heavy (non-hydrogen) atoms. The molecule has 0 bridgehead atoms. The number of carbonyl (C=O) groups is 2. The lowest BCUT2D eigenvalue weighted by Crippen LogP contribution is -2.35. The Balaban J connectivity index is 1.71. The van der Waals surface area contributed by atoms with E-state index >= 15 is 0 Å². The molecule has 9 heteroatoms. The Kier molecular flexibility index (Phi) is 6.18. The molecule has 0 amide bonds. The zero-order valence-corrected chi connectivity index (χ0v) is 18.0. The number of furan rings is 1. The van der Waals surface area contributed by atoms with Crippen molar-refractivity contribution >= 4 is 29.3 Å². The first-order valence-electron chi connectivity index (χ1n) is 10.0. The summed E-state index contributed by atoms with van der Waals surface area (Å²) in [5.74, 6) is -0.339. The molecule has 2 aromatic heterocycles. The third-order valence-corrected chi connectivity index (χ3v) is 5.47. The lowest BCUT2D eigenvalue weighted by atomic mass is 10.0. The van der Waals surface area contributed by atoms with Crippen LogP contribution < -0.4 is 5.32 Å². The molecule has 8 nitrogen and oxygen atoms in total. The van der Waals surface area contributed by atoms with Crippen molar-refractivity contribution in [3.63, 3.8) is 0 Å². The fourth-order valence-corrected chi connectivity index (χ4v) is 4.01. The number of nitrogens with one attached hydrogen (secondary N) is 1. The third-order valence-electron chi connectivity index (χ3n) is 5.11. The molecule has 1 fully saturated rings. The maximum absolute atomic E-state index is 12.2. The summed E-state index contributed by atoms with van der Waals surface area (Å²) < 4.78 is 11.3. The number of hydrogen-bond acceptors (Lipinski definition) is 6. The summed E-state index contributed by atoms with van der Waals surface area (Å²) in [6, 6.07) is 14.9. The maximum Gasteiger partial charge on any atom is 0.335 e. The normalized spacial score (nSPS) is 17.8. The van der Waals surface area contributed by atoms with Crippen molar-refractivity contribution in [2.45, 2.75) is 19.0 Å². The highest BCUT2D eigenvalue weighted by atomic mass is 32.1. The second-order valence-electron chi connectivity index (χ2n) is 7.15. The van der Waals surface area contributed by atoms with E-state index < -0.39 is 18.0 Å². The van der Waals surface area contributed by atoms with Crippen LogP contribution in [0.15, 0.2) is 65.2 Å². The molecule has 1 saturated heterocycles. The monoisotopic (exact) mass is 451 g/mol. The second-order valence-corrected chi connectivity index (χ2v) is 7.53. The zero-order valence-electron chi connectivity index (χ0n) is 17.2. The first kappa shape index (κ1) is 21.5. The van der Waals surface area contributed by atoms with Crippen molar-refractivity contribution < 1.29 is 23.8 Å². The Morgan fingerprint density at radius 1 is 1.22 bits per heavy atom. The van der Waals surface area contributed by atoms with Gasteiger partial charge in [-0.05, 0) is 55.5 Å². The van der Waals surface area contributed by atoms with Crippen molar-refractivity contribution in [3.05, 3.63) is 77.8 Å². The van der Waals surface area contributed by atoms with Gasteiger partial charge < -0.3 is 24.5 Å². The van der Waals surface area contributed by atoms with Crippen LogP contribution >= 0.6 is 12.2 Å². The Morgan fingerprint density at radius 2 is 2.06 bits per heavy atom. The number of thiocarbonyl (C=S) groups is 1. The van der Waals surface area contributed by atoms with Gasteiger partial charge in [0.2, 0.25) is 0 Å². The SMILES string of the molecule is CCOC(=O)CN1C(=S)NC(c2ccccn2)C1c1ccc(-c2cccc(C(=O)O)c2)o1. The van der Waals surface area contributed by atoms with E-state index in [-0.39, 0.29) is 24.8 Å². The average Bonchev–Trinajstić information content (AvgIpc) is 3.40. The topological polar surface area (TPSA) is 105 Å². The fraction of sp³-hybridized carbons (Fsp3) is 0.217. The molecule has 2 unspecified atom stereocenters. The second kappa shape index (κ2) is 9.19. The highest BCUT2D eigenvalue weighted by molar-refractivity contribution is 7.80. The van der Waals surface area contributed by atoms with Gasteiger partial charge >= 0.3 is 11.9 Å². The maximum atomic E-state index is 12.2. The molecule has 3 aromatic rings. The lowest BCUT2D eigenvalue weighted by molar-refractivity contribution is -0.143. The average molecular weight is 452 g/mol. The number of nitrogens with zero attached hydrogens (tertiary/aromatic N) is 2. The van der Waals surface area contributed by atoms with Crippen molar-refractivity contribution in [1.82, 2.24) is 15.2 Å². The van der Waals surface area contributed by atoms with Crippen LogP contribution in [0.2, 0.25) is 0 Å². The molecule has 3 heterocycles. The van der Waals surface area contributed by atoms with Gasteiger partial charge in [-0.15, -0.1) is 0 Å². The van der Waals surface area contributed by atoms with E-state index in [0.717, 1.165) is 5.69 Å². The summed E-state index contributed by atoms with van der Waals surface area (Å²) in [6.45, 7) is 1.97. The molecule has 1 aliphatic rings. The van der Waals surface area contributed by atoms with Crippen molar-refractivity contribution in [1.29, 1.82) is 0 Å². The van der Waals surface area contributed by atoms with Crippen LogP contribution in [-0.4, -0.2) is 45.2 Å². The minimum atomic E-state index is -1.01. The molecule has 2 atom stereocenters. The Labute approximate surface area is 189 Å². The number of aromatic carboxylic acids is 1. The van der Waals surface area contributed by atoms with Gasteiger partial charge in [0.05, 0.1) is 23.9 Å². The number of ether oxygens (including phenoxy) is 1. The molecule has 0 spiro atoms. The first-order chi connectivity index (χ1) is 15.5. The number of carboxylic acids is 1. The van der Waals surface area contributed by atoms with Crippen molar-refractivity contribution in [2.75, 3.05) is 13.2 Å². The van der Waals surface area contributed by atoms with Gasteiger partial charge in [0, 0.05) is 11.8 Å². The van der Waals surface area contributed by atoms with Gasteiger partial charge in [-0.25, -0.2) is 4.79 Å². The standard InChI is InChI=1S/C23H21N3O5S/c1-2-30-19(27)13-26-21(20(25-23(26)32)16-8-3-4-11-24-16)18-10-9-17(31-18)14-6-5-7-15(12-14)22(28)29/h3-12,20-21H,2,13H2,1H3,(H,25,32)(H,28,29). The number of carbonyl (C=O) groups excluding carboxylic acids is 1. The molecule has 1 aromatic carbocycles. The van der Waals surface area contributed by atoms with E-state index in [1.165, 1.54) is 6.07 Å².